The van der Waals surface area contributed by atoms with Crippen molar-refractivity contribution in [3.63, 3.8) is 0 Å². The zero-order chi connectivity index (χ0) is 28.2. The number of amides is 1. The molecule has 0 aromatic heterocycles. The number of ether oxygens (including phenoxy) is 1. The van der Waals surface area contributed by atoms with Crippen LogP contribution in [0, 0.1) is 5.92 Å². The summed E-state index contributed by atoms with van der Waals surface area (Å²) in [7, 11) is -1.89. The van der Waals surface area contributed by atoms with Crippen LogP contribution in [0.2, 0.25) is 5.02 Å². The summed E-state index contributed by atoms with van der Waals surface area (Å²) in [4.78, 5) is 17.5. The minimum absolute atomic E-state index is 0.0302. The summed E-state index contributed by atoms with van der Waals surface area (Å²) in [5, 5.41) is 10.3. The number of rotatable bonds is 9. The van der Waals surface area contributed by atoms with E-state index in [-0.39, 0.29) is 40.7 Å². The standard InChI is InChI=1S/C29H34ClN3O5S/c1-20-16-33(21(2)19-34)29(35)26-15-24(31-39(36,37)25-12-9-23(30)10-13-25)11-14-27(26)38-28(20)18-32(3)17-22-7-5-4-6-8-22/h4-15,20-21,28,31,34H,16-19H2,1-3H3/t20-,21-,28-/m0/s1. The molecule has 3 atom stereocenters. The number of nitrogens with one attached hydrogen (secondary N) is 1. The number of fused-ring (bicyclic) bond motifs is 1. The average molecular weight is 572 g/mol. The molecular weight excluding hydrogens is 538 g/mol. The summed E-state index contributed by atoms with van der Waals surface area (Å²) in [6.07, 6.45) is -0.254. The molecule has 1 aliphatic rings. The third-order valence-electron chi connectivity index (χ3n) is 6.83. The lowest BCUT2D eigenvalue weighted by atomic mass is 9.99. The first-order chi connectivity index (χ1) is 18.6. The highest BCUT2D eigenvalue weighted by Gasteiger charge is 2.33. The zero-order valence-electron chi connectivity index (χ0n) is 22.2. The summed E-state index contributed by atoms with van der Waals surface area (Å²) in [6, 6.07) is 20.2. The number of anilines is 1. The number of sulfonamides is 1. The highest BCUT2D eigenvalue weighted by molar-refractivity contribution is 7.92. The van der Waals surface area contributed by atoms with Crippen molar-refractivity contribution >= 4 is 33.2 Å². The molecule has 208 valence electrons. The number of carbonyl (C=O) groups excluding carboxylic acids is 1. The lowest BCUT2D eigenvalue weighted by Gasteiger charge is -2.38. The number of nitrogens with zero attached hydrogens (tertiary/aromatic N) is 2. The normalized spacial score (nSPS) is 18.6. The van der Waals surface area contributed by atoms with Crippen LogP contribution in [0.5, 0.6) is 5.75 Å². The molecule has 0 saturated heterocycles. The Morgan fingerprint density at radius 1 is 1.13 bits per heavy atom. The molecule has 0 radical (unpaired) electrons. The molecule has 0 spiro atoms. The van der Waals surface area contributed by atoms with Gasteiger partial charge in [-0.1, -0.05) is 48.9 Å². The second-order valence-corrected chi connectivity index (χ2v) is 12.2. The van der Waals surface area contributed by atoms with Gasteiger partial charge in [-0.3, -0.25) is 14.4 Å². The molecule has 0 fully saturated rings. The summed E-state index contributed by atoms with van der Waals surface area (Å²) in [5.41, 5.74) is 1.64. The first kappa shape index (κ1) is 28.9. The fourth-order valence-corrected chi connectivity index (χ4v) is 5.77. The smallest absolute Gasteiger partial charge is 0.261 e. The lowest BCUT2D eigenvalue weighted by Crippen LogP contribution is -2.49. The quantitative estimate of drug-likeness (QED) is 0.392. The Hall–Kier alpha value is -3.11. The van der Waals surface area contributed by atoms with Crippen LogP contribution >= 0.6 is 11.6 Å². The maximum atomic E-state index is 13.7. The van der Waals surface area contributed by atoms with E-state index in [4.69, 9.17) is 16.3 Å². The number of halogens is 1. The van der Waals surface area contributed by atoms with Crippen LogP contribution in [-0.4, -0.2) is 68.1 Å². The van der Waals surface area contributed by atoms with Crippen LogP contribution in [0.3, 0.4) is 0 Å². The molecule has 3 aromatic rings. The predicted octanol–water partition coefficient (Wildman–Crippen LogP) is 4.49. The third kappa shape index (κ3) is 7.10. The van der Waals surface area contributed by atoms with Gasteiger partial charge in [0.2, 0.25) is 0 Å². The molecule has 2 N–H and O–H groups in total. The monoisotopic (exact) mass is 571 g/mol. The fourth-order valence-electron chi connectivity index (χ4n) is 4.60. The maximum absolute atomic E-state index is 13.7. The van der Waals surface area contributed by atoms with E-state index in [1.54, 1.807) is 24.0 Å². The van der Waals surface area contributed by atoms with E-state index in [9.17, 15) is 18.3 Å². The van der Waals surface area contributed by atoms with Gasteiger partial charge in [0, 0.05) is 36.3 Å². The van der Waals surface area contributed by atoms with Gasteiger partial charge in [0.25, 0.3) is 15.9 Å². The van der Waals surface area contributed by atoms with Crippen molar-refractivity contribution in [2.24, 2.45) is 5.92 Å². The fraction of sp³-hybridized carbons (Fsp3) is 0.345. The van der Waals surface area contributed by atoms with Gasteiger partial charge in [0.15, 0.2) is 0 Å². The first-order valence-corrected chi connectivity index (χ1v) is 14.7. The SMILES string of the molecule is C[C@H]1CN([C@@H](C)CO)C(=O)c2cc(NS(=O)(=O)c3ccc(Cl)cc3)ccc2O[C@H]1CN(C)Cc1ccccc1. The van der Waals surface area contributed by atoms with Gasteiger partial charge in [-0.25, -0.2) is 8.42 Å². The minimum atomic E-state index is -3.91. The van der Waals surface area contributed by atoms with Gasteiger partial charge in [0.05, 0.1) is 23.1 Å². The summed E-state index contributed by atoms with van der Waals surface area (Å²) in [6.45, 7) is 5.35. The highest BCUT2D eigenvalue weighted by Crippen LogP contribution is 2.31. The van der Waals surface area contributed by atoms with Gasteiger partial charge in [-0.05, 0) is 62.0 Å². The Bertz CT molecular complexity index is 1390. The summed E-state index contributed by atoms with van der Waals surface area (Å²) < 4.78 is 34.9. The van der Waals surface area contributed by atoms with E-state index < -0.39 is 16.1 Å². The Morgan fingerprint density at radius 3 is 2.49 bits per heavy atom. The second kappa shape index (κ2) is 12.4. The molecule has 0 aliphatic carbocycles. The van der Waals surface area contributed by atoms with Gasteiger partial charge in [0.1, 0.15) is 11.9 Å². The van der Waals surface area contributed by atoms with Crippen LogP contribution in [0.25, 0.3) is 0 Å². The first-order valence-electron chi connectivity index (χ1n) is 12.8. The number of hydrogen-bond acceptors (Lipinski definition) is 6. The molecule has 3 aromatic carbocycles. The van der Waals surface area contributed by atoms with Crippen molar-refractivity contribution in [1.82, 2.24) is 9.80 Å². The molecule has 1 amide bonds. The van der Waals surface area contributed by atoms with E-state index in [0.29, 0.717) is 23.9 Å². The number of aliphatic hydroxyl groups is 1. The number of hydrogen-bond donors (Lipinski definition) is 2. The van der Waals surface area contributed by atoms with E-state index in [0.717, 1.165) is 6.54 Å². The maximum Gasteiger partial charge on any atom is 0.261 e. The Kier molecular flexibility index (Phi) is 9.17. The molecule has 8 nitrogen and oxygen atoms in total. The van der Waals surface area contributed by atoms with Crippen LogP contribution in [-0.2, 0) is 16.6 Å². The van der Waals surface area contributed by atoms with Crippen molar-refractivity contribution in [2.45, 2.75) is 37.4 Å². The molecule has 0 saturated carbocycles. The van der Waals surface area contributed by atoms with Crippen LogP contribution in [0.1, 0.15) is 29.8 Å². The largest absolute Gasteiger partial charge is 0.488 e. The van der Waals surface area contributed by atoms with Crippen molar-refractivity contribution in [3.05, 3.63) is 88.9 Å². The number of likely N-dealkylation sites (N-methyl/N-ethyl adjacent to an activating group) is 1. The van der Waals surface area contributed by atoms with Gasteiger partial charge in [-0.2, -0.15) is 0 Å². The molecular formula is C29H34ClN3O5S. The Morgan fingerprint density at radius 2 is 1.82 bits per heavy atom. The number of carbonyl (C=O) groups is 1. The summed E-state index contributed by atoms with van der Waals surface area (Å²) >= 11 is 5.90. The molecule has 0 bridgehead atoms. The van der Waals surface area contributed by atoms with Gasteiger partial charge >= 0.3 is 0 Å². The Balaban J connectivity index is 1.63. The van der Waals surface area contributed by atoms with E-state index >= 15 is 0 Å². The van der Waals surface area contributed by atoms with E-state index in [1.807, 2.05) is 32.2 Å². The third-order valence-corrected chi connectivity index (χ3v) is 8.48. The average Bonchev–Trinajstić information content (AvgIpc) is 2.91. The van der Waals surface area contributed by atoms with Crippen LogP contribution < -0.4 is 9.46 Å². The molecule has 1 heterocycles. The Labute approximate surface area is 235 Å². The van der Waals surface area contributed by atoms with Crippen molar-refractivity contribution in [1.29, 1.82) is 0 Å². The van der Waals surface area contributed by atoms with Gasteiger partial charge < -0.3 is 14.7 Å². The zero-order valence-corrected chi connectivity index (χ0v) is 23.8. The number of aliphatic hydroxyl groups excluding tert-OH is 1. The molecule has 39 heavy (non-hydrogen) atoms. The summed E-state index contributed by atoms with van der Waals surface area (Å²) in [5.74, 6) is 0.00804. The second-order valence-electron chi connectivity index (χ2n) is 10.1. The predicted molar refractivity (Wildman–Crippen MR) is 153 cm³/mol. The topological polar surface area (TPSA) is 99.2 Å². The minimum Gasteiger partial charge on any atom is -0.488 e. The van der Waals surface area contributed by atoms with Crippen LogP contribution in [0.4, 0.5) is 5.69 Å². The molecule has 10 heteroatoms. The van der Waals surface area contributed by atoms with E-state index in [2.05, 4.69) is 21.8 Å². The molecule has 4 rings (SSSR count). The van der Waals surface area contributed by atoms with Crippen molar-refractivity contribution < 1.29 is 23.1 Å². The lowest BCUT2D eigenvalue weighted by molar-refractivity contribution is 0.0341. The van der Waals surface area contributed by atoms with Crippen molar-refractivity contribution in [2.75, 3.05) is 31.5 Å². The van der Waals surface area contributed by atoms with Gasteiger partial charge in [-0.15, -0.1) is 0 Å². The number of benzene rings is 3. The molecule has 0 unspecified atom stereocenters. The van der Waals surface area contributed by atoms with Crippen LogP contribution in [0.15, 0.2) is 77.7 Å². The highest BCUT2D eigenvalue weighted by atomic mass is 35.5. The van der Waals surface area contributed by atoms with Crippen molar-refractivity contribution in [3.8, 4) is 5.75 Å². The van der Waals surface area contributed by atoms with E-state index in [1.165, 1.54) is 35.9 Å². The molecule has 1 aliphatic heterocycles.